The second-order valence-electron chi connectivity index (χ2n) is 6.11. The van der Waals surface area contributed by atoms with Gasteiger partial charge in [-0.15, -0.1) is 0 Å². The molecule has 1 aromatic rings. The van der Waals surface area contributed by atoms with Gasteiger partial charge in [0.1, 0.15) is 0 Å². The van der Waals surface area contributed by atoms with Crippen LogP contribution in [0.5, 0.6) is 0 Å². The van der Waals surface area contributed by atoms with Gasteiger partial charge >= 0.3 is 6.03 Å². The highest BCUT2D eigenvalue weighted by Crippen LogP contribution is 2.35. The van der Waals surface area contributed by atoms with Crippen molar-refractivity contribution in [2.24, 2.45) is 7.05 Å². The molecule has 2 aliphatic heterocycles. The third-order valence-corrected chi connectivity index (χ3v) is 4.76. The first kappa shape index (κ1) is 15.0. The van der Waals surface area contributed by atoms with Gasteiger partial charge in [-0.3, -0.25) is 19.3 Å². The summed E-state index contributed by atoms with van der Waals surface area (Å²) in [7, 11) is 1.95. The van der Waals surface area contributed by atoms with Crippen LogP contribution in [-0.4, -0.2) is 57.7 Å². The first-order chi connectivity index (χ1) is 10.5. The second-order valence-corrected chi connectivity index (χ2v) is 6.11. The maximum absolute atomic E-state index is 12.4. The molecular weight excluding hydrogens is 282 g/mol. The van der Waals surface area contributed by atoms with Gasteiger partial charge in [0.25, 0.3) is 0 Å². The molecule has 0 spiro atoms. The Hall–Kier alpha value is -1.89. The Kier molecular flexibility index (Phi) is 3.90. The molecule has 7 nitrogen and oxygen atoms in total. The lowest BCUT2D eigenvalue weighted by Gasteiger charge is -2.26. The van der Waals surface area contributed by atoms with Gasteiger partial charge < -0.3 is 5.32 Å². The Bertz CT molecular complexity index is 609. The highest BCUT2D eigenvalue weighted by Gasteiger charge is 2.34. The minimum atomic E-state index is -0.269. The summed E-state index contributed by atoms with van der Waals surface area (Å²) in [6.45, 7) is 6.30. The second kappa shape index (κ2) is 5.72. The van der Waals surface area contributed by atoms with Crippen LogP contribution in [-0.2, 0) is 11.8 Å². The van der Waals surface area contributed by atoms with Crippen LogP contribution < -0.4 is 5.32 Å². The first-order valence-corrected chi connectivity index (χ1v) is 7.81. The van der Waals surface area contributed by atoms with E-state index >= 15 is 0 Å². The average Bonchev–Trinajstić information content (AvgIpc) is 3.13. The third-order valence-electron chi connectivity index (χ3n) is 4.76. The fraction of sp³-hybridized carbons (Fsp3) is 0.667. The largest absolute Gasteiger partial charge is 0.336 e. The van der Waals surface area contributed by atoms with E-state index in [1.165, 1.54) is 10.5 Å². The number of urea groups is 1. The Morgan fingerprint density at radius 1 is 1.36 bits per heavy atom. The average molecular weight is 305 g/mol. The summed E-state index contributed by atoms with van der Waals surface area (Å²) >= 11 is 0. The molecule has 0 unspecified atom stereocenters. The van der Waals surface area contributed by atoms with E-state index in [0.29, 0.717) is 19.6 Å². The highest BCUT2D eigenvalue weighted by atomic mass is 16.2. The predicted molar refractivity (Wildman–Crippen MR) is 81.3 cm³/mol. The summed E-state index contributed by atoms with van der Waals surface area (Å²) in [6.07, 6.45) is 2.10. The Balaban J connectivity index is 1.76. The number of aryl methyl sites for hydroxylation is 2. The number of nitrogens with one attached hydrogen (secondary N) is 1. The molecule has 1 N–H and O–H groups in total. The molecule has 2 saturated heterocycles. The molecule has 1 atom stereocenters. The molecule has 2 fully saturated rings. The van der Waals surface area contributed by atoms with Crippen molar-refractivity contribution < 1.29 is 9.59 Å². The highest BCUT2D eigenvalue weighted by molar-refractivity contribution is 5.96. The van der Waals surface area contributed by atoms with Gasteiger partial charge in [-0.1, -0.05) is 0 Å². The number of hydrogen-bond donors (Lipinski definition) is 1. The monoisotopic (exact) mass is 305 g/mol. The van der Waals surface area contributed by atoms with Gasteiger partial charge in [0, 0.05) is 37.4 Å². The van der Waals surface area contributed by atoms with Crippen LogP contribution in [0.25, 0.3) is 0 Å². The summed E-state index contributed by atoms with van der Waals surface area (Å²) in [5, 5.41) is 7.16. The number of carbonyl (C=O) groups excluding carboxylic acids is 2. The molecule has 3 amide bonds. The van der Waals surface area contributed by atoms with E-state index in [9.17, 15) is 9.59 Å². The molecule has 3 rings (SSSR count). The molecule has 0 saturated carbocycles. The van der Waals surface area contributed by atoms with Crippen LogP contribution in [0.4, 0.5) is 4.79 Å². The van der Waals surface area contributed by atoms with Crippen LogP contribution in [0.2, 0.25) is 0 Å². The minimum absolute atomic E-state index is 0.110. The molecule has 1 aromatic heterocycles. The van der Waals surface area contributed by atoms with Crippen molar-refractivity contribution in [2.75, 3.05) is 26.2 Å². The number of nitrogens with zero attached hydrogens (tertiary/aromatic N) is 4. The van der Waals surface area contributed by atoms with Crippen molar-refractivity contribution in [3.8, 4) is 0 Å². The zero-order valence-electron chi connectivity index (χ0n) is 13.4. The summed E-state index contributed by atoms with van der Waals surface area (Å²) in [6, 6.07) is -0.0437. The normalized spacial score (nSPS) is 22.4. The lowest BCUT2D eigenvalue weighted by atomic mass is 10.0. The summed E-state index contributed by atoms with van der Waals surface area (Å²) in [5.74, 6) is -0.110. The number of carbonyl (C=O) groups is 2. The lowest BCUT2D eigenvalue weighted by molar-refractivity contribution is -0.129. The van der Waals surface area contributed by atoms with Crippen molar-refractivity contribution in [3.05, 3.63) is 17.0 Å². The molecule has 0 bridgehead atoms. The zero-order chi connectivity index (χ0) is 15.9. The van der Waals surface area contributed by atoms with Crippen LogP contribution in [0.3, 0.4) is 0 Å². The van der Waals surface area contributed by atoms with E-state index in [4.69, 9.17) is 0 Å². The molecule has 3 heterocycles. The van der Waals surface area contributed by atoms with Crippen LogP contribution >= 0.6 is 0 Å². The molecule has 120 valence electrons. The van der Waals surface area contributed by atoms with Gasteiger partial charge in [0.05, 0.1) is 12.2 Å². The van der Waals surface area contributed by atoms with Gasteiger partial charge in [-0.2, -0.15) is 5.10 Å². The summed E-state index contributed by atoms with van der Waals surface area (Å²) in [4.78, 5) is 27.5. The molecule has 7 heteroatoms. The molecule has 22 heavy (non-hydrogen) atoms. The van der Waals surface area contributed by atoms with Crippen molar-refractivity contribution in [2.45, 2.75) is 32.7 Å². The van der Waals surface area contributed by atoms with E-state index in [0.717, 1.165) is 30.8 Å². The van der Waals surface area contributed by atoms with E-state index in [1.54, 1.807) is 0 Å². The van der Waals surface area contributed by atoms with Crippen molar-refractivity contribution in [3.63, 3.8) is 0 Å². The Labute approximate surface area is 130 Å². The number of hydrogen-bond acceptors (Lipinski definition) is 4. The number of amides is 3. The maximum atomic E-state index is 12.4. The van der Waals surface area contributed by atoms with Crippen molar-refractivity contribution in [1.82, 2.24) is 24.9 Å². The SMILES string of the molecule is Cc1nn(C)c(C)c1[C@H]1CCCN1CC(=O)N1CCNC1=O. The Morgan fingerprint density at radius 2 is 2.14 bits per heavy atom. The van der Waals surface area contributed by atoms with Crippen molar-refractivity contribution >= 4 is 11.9 Å². The van der Waals surface area contributed by atoms with Crippen LogP contribution in [0.15, 0.2) is 0 Å². The van der Waals surface area contributed by atoms with E-state index < -0.39 is 0 Å². The van der Waals surface area contributed by atoms with Gasteiger partial charge in [-0.05, 0) is 33.2 Å². The van der Waals surface area contributed by atoms with Gasteiger partial charge in [0.15, 0.2) is 0 Å². The van der Waals surface area contributed by atoms with E-state index in [-0.39, 0.29) is 18.0 Å². The topological polar surface area (TPSA) is 70.5 Å². The van der Waals surface area contributed by atoms with E-state index in [1.807, 2.05) is 18.7 Å². The summed E-state index contributed by atoms with van der Waals surface area (Å²) < 4.78 is 1.90. The smallest absolute Gasteiger partial charge is 0.324 e. The van der Waals surface area contributed by atoms with Crippen molar-refractivity contribution in [1.29, 1.82) is 0 Å². The van der Waals surface area contributed by atoms with Gasteiger partial charge in [-0.25, -0.2) is 4.79 Å². The first-order valence-electron chi connectivity index (χ1n) is 7.81. The predicted octanol–water partition coefficient (Wildman–Crippen LogP) is 0.726. The molecule has 0 aromatic carbocycles. The quantitative estimate of drug-likeness (QED) is 0.893. The lowest BCUT2D eigenvalue weighted by Crippen LogP contribution is -2.41. The number of likely N-dealkylation sites (tertiary alicyclic amines) is 1. The fourth-order valence-corrected chi connectivity index (χ4v) is 3.58. The number of imide groups is 1. The Morgan fingerprint density at radius 3 is 2.73 bits per heavy atom. The molecule has 0 aliphatic carbocycles. The summed E-state index contributed by atoms with van der Waals surface area (Å²) in [5.41, 5.74) is 3.42. The minimum Gasteiger partial charge on any atom is -0.336 e. The maximum Gasteiger partial charge on any atom is 0.324 e. The van der Waals surface area contributed by atoms with Crippen LogP contribution in [0, 0.1) is 13.8 Å². The standard InChI is InChI=1S/C15H23N5O2/c1-10-14(11(2)18(3)17-10)12-5-4-7-19(12)9-13(21)20-8-6-16-15(20)22/h12H,4-9H2,1-3H3,(H,16,22)/t12-/m1/s1. The van der Waals surface area contributed by atoms with E-state index in [2.05, 4.69) is 22.2 Å². The van der Waals surface area contributed by atoms with Gasteiger partial charge in [0.2, 0.25) is 5.91 Å². The molecule has 2 aliphatic rings. The zero-order valence-corrected chi connectivity index (χ0v) is 13.4. The number of rotatable bonds is 3. The molecular formula is C15H23N5O2. The number of aromatic nitrogens is 2. The third kappa shape index (κ3) is 2.49. The fourth-order valence-electron chi connectivity index (χ4n) is 3.58. The van der Waals surface area contributed by atoms with Crippen LogP contribution in [0.1, 0.15) is 35.8 Å². The molecule has 0 radical (unpaired) electrons.